The first-order chi connectivity index (χ1) is 9.74. The molecular weight excluding hydrogens is 272 g/mol. The van der Waals surface area contributed by atoms with Crippen LogP contribution < -0.4 is 5.32 Å². The molecule has 0 bridgehead atoms. The van der Waals surface area contributed by atoms with Gasteiger partial charge in [0, 0.05) is 24.1 Å². The van der Waals surface area contributed by atoms with E-state index in [1.54, 1.807) is 30.6 Å². The van der Waals surface area contributed by atoms with Gasteiger partial charge in [-0.3, -0.25) is 0 Å². The average Bonchev–Trinajstić information content (AvgIpc) is 2.84. The largest absolute Gasteiger partial charge is 0.508 e. The van der Waals surface area contributed by atoms with Crippen molar-refractivity contribution in [2.24, 2.45) is 0 Å². The first-order valence-corrected chi connectivity index (χ1v) is 7.54. The number of phenolic OH excluding ortho intramolecular Hbond substituents is 1. The standard InChI is InChI=1S/C15H20N2O2S/c1-3-8-16-9-14-13(10-19-2)17-15(20-14)11-4-6-12(18)7-5-11/h4-7,16,18H,3,8-10H2,1-2H3. The van der Waals surface area contributed by atoms with E-state index in [2.05, 4.69) is 17.2 Å². The Labute approximate surface area is 123 Å². The Morgan fingerprint density at radius 1 is 1.30 bits per heavy atom. The Balaban J connectivity index is 2.21. The Bertz CT molecular complexity index is 537. The van der Waals surface area contributed by atoms with Crippen LogP contribution in [0.15, 0.2) is 24.3 Å². The van der Waals surface area contributed by atoms with E-state index in [0.717, 1.165) is 35.8 Å². The van der Waals surface area contributed by atoms with Crippen LogP contribution in [-0.4, -0.2) is 23.7 Å². The molecule has 20 heavy (non-hydrogen) atoms. The second-order valence-corrected chi connectivity index (χ2v) is 5.63. The summed E-state index contributed by atoms with van der Waals surface area (Å²) in [6, 6.07) is 7.13. The summed E-state index contributed by atoms with van der Waals surface area (Å²) in [4.78, 5) is 5.86. The van der Waals surface area contributed by atoms with Crippen LogP contribution in [0.3, 0.4) is 0 Å². The third kappa shape index (κ3) is 3.79. The van der Waals surface area contributed by atoms with Gasteiger partial charge in [0.25, 0.3) is 0 Å². The zero-order valence-electron chi connectivity index (χ0n) is 11.8. The van der Waals surface area contributed by atoms with Crippen molar-refractivity contribution >= 4 is 11.3 Å². The number of aromatic nitrogens is 1. The summed E-state index contributed by atoms with van der Waals surface area (Å²) >= 11 is 1.67. The highest BCUT2D eigenvalue weighted by molar-refractivity contribution is 7.15. The van der Waals surface area contributed by atoms with Crippen LogP contribution in [0.25, 0.3) is 10.6 Å². The summed E-state index contributed by atoms with van der Waals surface area (Å²) in [6.45, 7) is 4.50. The fourth-order valence-corrected chi connectivity index (χ4v) is 2.92. The molecule has 4 nitrogen and oxygen atoms in total. The van der Waals surface area contributed by atoms with E-state index >= 15 is 0 Å². The molecule has 1 aromatic carbocycles. The maximum absolute atomic E-state index is 9.34. The number of phenols is 1. The molecule has 108 valence electrons. The van der Waals surface area contributed by atoms with Gasteiger partial charge in [0.05, 0.1) is 12.3 Å². The zero-order valence-corrected chi connectivity index (χ0v) is 12.7. The summed E-state index contributed by atoms with van der Waals surface area (Å²) in [7, 11) is 1.68. The van der Waals surface area contributed by atoms with Gasteiger partial charge < -0.3 is 15.2 Å². The number of hydrogen-bond acceptors (Lipinski definition) is 5. The minimum absolute atomic E-state index is 0.271. The van der Waals surface area contributed by atoms with Crippen molar-refractivity contribution in [2.45, 2.75) is 26.5 Å². The van der Waals surface area contributed by atoms with Gasteiger partial charge in [-0.2, -0.15) is 0 Å². The van der Waals surface area contributed by atoms with Crippen LogP contribution >= 0.6 is 11.3 Å². The fourth-order valence-electron chi connectivity index (χ4n) is 1.88. The van der Waals surface area contributed by atoms with E-state index in [1.807, 2.05) is 12.1 Å². The van der Waals surface area contributed by atoms with Gasteiger partial charge in [0.2, 0.25) is 0 Å². The molecule has 0 aliphatic rings. The highest BCUT2D eigenvalue weighted by Gasteiger charge is 2.12. The van der Waals surface area contributed by atoms with E-state index < -0.39 is 0 Å². The molecule has 0 atom stereocenters. The Morgan fingerprint density at radius 2 is 2.05 bits per heavy atom. The van der Waals surface area contributed by atoms with Crippen molar-refractivity contribution in [1.82, 2.24) is 10.3 Å². The smallest absolute Gasteiger partial charge is 0.124 e. The monoisotopic (exact) mass is 292 g/mol. The van der Waals surface area contributed by atoms with Crippen molar-refractivity contribution in [3.05, 3.63) is 34.8 Å². The number of aromatic hydroxyl groups is 1. The van der Waals surface area contributed by atoms with Gasteiger partial charge in [-0.1, -0.05) is 6.92 Å². The Morgan fingerprint density at radius 3 is 2.70 bits per heavy atom. The highest BCUT2D eigenvalue weighted by Crippen LogP contribution is 2.29. The molecular formula is C15H20N2O2S. The molecule has 0 saturated carbocycles. The first kappa shape index (κ1) is 15.0. The lowest BCUT2D eigenvalue weighted by Crippen LogP contribution is -2.14. The molecule has 0 saturated heterocycles. The SMILES string of the molecule is CCCNCc1sc(-c2ccc(O)cc2)nc1COC. The second kappa shape index (κ2) is 7.38. The maximum atomic E-state index is 9.34. The number of thiazole rings is 1. The highest BCUT2D eigenvalue weighted by atomic mass is 32.1. The summed E-state index contributed by atoms with van der Waals surface area (Å²) in [6.07, 6.45) is 1.11. The third-order valence-electron chi connectivity index (χ3n) is 2.89. The fraction of sp³-hybridized carbons (Fsp3) is 0.400. The number of hydrogen-bond donors (Lipinski definition) is 2. The van der Waals surface area contributed by atoms with Crippen LogP contribution in [0.1, 0.15) is 23.9 Å². The number of nitrogens with one attached hydrogen (secondary N) is 1. The van der Waals surface area contributed by atoms with Gasteiger partial charge >= 0.3 is 0 Å². The van der Waals surface area contributed by atoms with Crippen LogP contribution in [0.5, 0.6) is 5.75 Å². The molecule has 0 amide bonds. The molecule has 0 spiro atoms. The van der Waals surface area contributed by atoms with E-state index in [0.29, 0.717) is 6.61 Å². The summed E-state index contributed by atoms with van der Waals surface area (Å²) in [5.41, 5.74) is 2.01. The number of rotatable bonds is 7. The Kier molecular flexibility index (Phi) is 5.52. The molecule has 1 heterocycles. The average molecular weight is 292 g/mol. The van der Waals surface area contributed by atoms with Crippen molar-refractivity contribution in [3.63, 3.8) is 0 Å². The molecule has 5 heteroatoms. The molecule has 0 aliphatic carbocycles. The quantitative estimate of drug-likeness (QED) is 0.770. The first-order valence-electron chi connectivity index (χ1n) is 6.72. The van der Waals surface area contributed by atoms with Crippen molar-refractivity contribution in [3.8, 4) is 16.3 Å². The summed E-state index contributed by atoms with van der Waals surface area (Å²) in [5.74, 6) is 0.271. The third-order valence-corrected chi connectivity index (χ3v) is 4.03. The van der Waals surface area contributed by atoms with Crippen molar-refractivity contribution < 1.29 is 9.84 Å². The van der Waals surface area contributed by atoms with Gasteiger partial charge in [-0.05, 0) is 37.2 Å². The van der Waals surface area contributed by atoms with Crippen LogP contribution in [0, 0.1) is 0 Å². The van der Waals surface area contributed by atoms with E-state index in [-0.39, 0.29) is 5.75 Å². The topological polar surface area (TPSA) is 54.4 Å². The van der Waals surface area contributed by atoms with Crippen LogP contribution in [-0.2, 0) is 17.9 Å². The van der Waals surface area contributed by atoms with Gasteiger partial charge in [0.15, 0.2) is 0 Å². The number of benzene rings is 1. The van der Waals surface area contributed by atoms with Crippen LogP contribution in [0.4, 0.5) is 0 Å². The lowest BCUT2D eigenvalue weighted by molar-refractivity contribution is 0.181. The van der Waals surface area contributed by atoms with Crippen molar-refractivity contribution in [1.29, 1.82) is 0 Å². The minimum atomic E-state index is 0.271. The predicted molar refractivity (Wildman–Crippen MR) is 81.9 cm³/mol. The second-order valence-electron chi connectivity index (χ2n) is 4.55. The predicted octanol–water partition coefficient (Wildman–Crippen LogP) is 3.16. The lowest BCUT2D eigenvalue weighted by Gasteiger charge is -2.02. The molecule has 0 fully saturated rings. The molecule has 0 unspecified atom stereocenters. The number of ether oxygens (including phenoxy) is 1. The minimum Gasteiger partial charge on any atom is -0.508 e. The molecule has 2 rings (SSSR count). The molecule has 2 N–H and O–H groups in total. The number of nitrogens with zero attached hydrogens (tertiary/aromatic N) is 1. The van der Waals surface area contributed by atoms with E-state index in [9.17, 15) is 5.11 Å². The Hall–Kier alpha value is -1.43. The van der Waals surface area contributed by atoms with E-state index in [1.165, 1.54) is 4.88 Å². The van der Waals surface area contributed by atoms with E-state index in [4.69, 9.17) is 4.74 Å². The molecule has 1 aromatic heterocycles. The van der Waals surface area contributed by atoms with Gasteiger partial charge in [-0.15, -0.1) is 11.3 Å². The molecule has 0 radical (unpaired) electrons. The van der Waals surface area contributed by atoms with Crippen molar-refractivity contribution in [2.75, 3.05) is 13.7 Å². The molecule has 2 aromatic rings. The summed E-state index contributed by atoms with van der Waals surface area (Å²) in [5, 5.41) is 13.7. The van der Waals surface area contributed by atoms with Gasteiger partial charge in [-0.25, -0.2) is 4.98 Å². The lowest BCUT2D eigenvalue weighted by atomic mass is 10.2. The van der Waals surface area contributed by atoms with Gasteiger partial charge in [0.1, 0.15) is 10.8 Å². The molecule has 0 aliphatic heterocycles. The maximum Gasteiger partial charge on any atom is 0.124 e. The van der Waals surface area contributed by atoms with Crippen LogP contribution in [0.2, 0.25) is 0 Å². The normalized spacial score (nSPS) is 10.9. The zero-order chi connectivity index (χ0) is 14.4. The summed E-state index contributed by atoms with van der Waals surface area (Å²) < 4.78 is 5.22. The number of methoxy groups -OCH3 is 1.